The van der Waals surface area contributed by atoms with Gasteiger partial charge in [-0.05, 0) is 48.5 Å². The molecule has 0 radical (unpaired) electrons. The van der Waals surface area contributed by atoms with Gasteiger partial charge in [0.05, 0.1) is 6.20 Å². The maximum absolute atomic E-state index is 12.2. The molecule has 5 nitrogen and oxygen atoms in total. The number of alkyl halides is 2. The molecule has 0 aliphatic carbocycles. The fourth-order valence-electron chi connectivity index (χ4n) is 2.20. The Kier molecular flexibility index (Phi) is 4.74. The third kappa shape index (κ3) is 4.20. The van der Waals surface area contributed by atoms with Gasteiger partial charge in [-0.3, -0.25) is 4.79 Å². The van der Waals surface area contributed by atoms with Crippen LogP contribution in [0.25, 0.3) is 11.3 Å². The molecule has 1 heterocycles. The normalized spacial score (nSPS) is 10.7. The molecule has 0 aliphatic rings. The molecule has 0 saturated carbocycles. The van der Waals surface area contributed by atoms with Gasteiger partial charge in [0, 0.05) is 23.7 Å². The van der Waals surface area contributed by atoms with E-state index in [1.807, 2.05) is 0 Å². The fourth-order valence-corrected chi connectivity index (χ4v) is 2.20. The maximum atomic E-state index is 12.2. The highest BCUT2D eigenvalue weighted by atomic mass is 19.3. The van der Waals surface area contributed by atoms with Crippen molar-refractivity contribution in [3.63, 3.8) is 0 Å². The molecule has 1 amide bonds. The Bertz CT molecular complexity index is 859. The Balaban J connectivity index is 1.66. The summed E-state index contributed by atoms with van der Waals surface area (Å²) in [6, 6.07) is 12.5. The van der Waals surface area contributed by atoms with E-state index in [1.54, 1.807) is 37.4 Å². The van der Waals surface area contributed by atoms with Crippen molar-refractivity contribution in [2.24, 2.45) is 0 Å². The lowest BCUT2D eigenvalue weighted by Gasteiger charge is -2.07. The number of halogens is 2. The van der Waals surface area contributed by atoms with Gasteiger partial charge in [-0.15, -0.1) is 0 Å². The van der Waals surface area contributed by atoms with Gasteiger partial charge in [-0.1, -0.05) is 0 Å². The van der Waals surface area contributed by atoms with Crippen LogP contribution < -0.4 is 10.1 Å². The van der Waals surface area contributed by atoms with E-state index in [1.165, 1.54) is 24.3 Å². The Hall–Kier alpha value is -3.22. The monoisotopic (exact) mass is 344 g/mol. The number of anilines is 1. The summed E-state index contributed by atoms with van der Waals surface area (Å²) < 4.78 is 33.9. The molecular weight excluding hydrogens is 330 g/mol. The number of aryl methyl sites for hydroxylation is 1. The first-order chi connectivity index (χ1) is 12.0. The largest absolute Gasteiger partial charge is 0.441 e. The number of aromatic nitrogens is 1. The highest BCUT2D eigenvalue weighted by Crippen LogP contribution is 2.22. The first-order valence-corrected chi connectivity index (χ1v) is 7.40. The van der Waals surface area contributed by atoms with Gasteiger partial charge in [0.2, 0.25) is 0 Å². The van der Waals surface area contributed by atoms with Crippen molar-refractivity contribution in [1.82, 2.24) is 4.98 Å². The van der Waals surface area contributed by atoms with E-state index in [4.69, 9.17) is 4.42 Å². The zero-order chi connectivity index (χ0) is 17.8. The highest BCUT2D eigenvalue weighted by Gasteiger charge is 2.09. The number of carbonyl (C=O) groups is 1. The third-order valence-electron chi connectivity index (χ3n) is 3.39. The van der Waals surface area contributed by atoms with Gasteiger partial charge in [0.25, 0.3) is 5.91 Å². The molecule has 0 unspecified atom stereocenters. The number of ether oxygens (including phenoxy) is 1. The van der Waals surface area contributed by atoms with Crippen LogP contribution in [0.2, 0.25) is 0 Å². The Morgan fingerprint density at radius 1 is 1.12 bits per heavy atom. The minimum atomic E-state index is -2.90. The summed E-state index contributed by atoms with van der Waals surface area (Å²) in [5.74, 6) is 0.863. The molecule has 0 fully saturated rings. The van der Waals surface area contributed by atoms with E-state index >= 15 is 0 Å². The third-order valence-corrected chi connectivity index (χ3v) is 3.39. The van der Waals surface area contributed by atoms with Crippen LogP contribution in [0.4, 0.5) is 14.5 Å². The van der Waals surface area contributed by atoms with Crippen LogP contribution >= 0.6 is 0 Å². The number of amides is 1. The lowest BCUT2D eigenvalue weighted by molar-refractivity contribution is -0.0498. The van der Waals surface area contributed by atoms with Crippen LogP contribution in [0.15, 0.2) is 59.1 Å². The molecule has 0 spiro atoms. The number of hydrogen-bond donors (Lipinski definition) is 1. The minimum Gasteiger partial charge on any atom is -0.441 e. The van der Waals surface area contributed by atoms with E-state index in [-0.39, 0.29) is 11.7 Å². The SMILES string of the molecule is Cc1ncc(-c2ccc(NC(=O)c3ccc(OC(F)F)cc3)cc2)o1. The van der Waals surface area contributed by atoms with Crippen LogP contribution in [0.5, 0.6) is 5.75 Å². The molecule has 3 rings (SSSR count). The van der Waals surface area contributed by atoms with Crippen molar-refractivity contribution in [3.8, 4) is 17.1 Å². The van der Waals surface area contributed by atoms with Gasteiger partial charge < -0.3 is 14.5 Å². The van der Waals surface area contributed by atoms with E-state index in [2.05, 4.69) is 15.0 Å². The molecule has 25 heavy (non-hydrogen) atoms. The molecule has 0 saturated heterocycles. The summed E-state index contributed by atoms with van der Waals surface area (Å²) in [6.45, 7) is -1.14. The number of rotatable bonds is 5. The zero-order valence-electron chi connectivity index (χ0n) is 13.2. The molecule has 128 valence electrons. The minimum absolute atomic E-state index is 0.00162. The van der Waals surface area contributed by atoms with E-state index in [0.717, 1.165) is 5.56 Å². The molecule has 7 heteroatoms. The summed E-state index contributed by atoms with van der Waals surface area (Å²) in [5.41, 5.74) is 1.77. The van der Waals surface area contributed by atoms with Crippen LogP contribution in [0.1, 0.15) is 16.2 Å². The average Bonchev–Trinajstić information content (AvgIpc) is 3.02. The van der Waals surface area contributed by atoms with E-state index in [9.17, 15) is 13.6 Å². The maximum Gasteiger partial charge on any atom is 0.387 e. The first kappa shape index (κ1) is 16.6. The summed E-state index contributed by atoms with van der Waals surface area (Å²) in [7, 11) is 0. The topological polar surface area (TPSA) is 64.4 Å². The predicted molar refractivity (Wildman–Crippen MR) is 87.7 cm³/mol. The number of nitrogens with one attached hydrogen (secondary N) is 1. The average molecular weight is 344 g/mol. The van der Waals surface area contributed by atoms with Crippen molar-refractivity contribution >= 4 is 11.6 Å². The van der Waals surface area contributed by atoms with Gasteiger partial charge >= 0.3 is 6.61 Å². The van der Waals surface area contributed by atoms with Crippen LogP contribution in [0, 0.1) is 6.92 Å². The molecule has 0 aliphatic heterocycles. The van der Waals surface area contributed by atoms with Gasteiger partial charge in [-0.2, -0.15) is 8.78 Å². The predicted octanol–water partition coefficient (Wildman–Crippen LogP) is 4.50. The van der Waals surface area contributed by atoms with E-state index in [0.29, 0.717) is 22.9 Å². The lowest BCUT2D eigenvalue weighted by Crippen LogP contribution is -2.11. The molecule has 1 aromatic heterocycles. The summed E-state index contributed by atoms with van der Waals surface area (Å²) in [4.78, 5) is 16.2. The second kappa shape index (κ2) is 7.12. The van der Waals surface area contributed by atoms with Crippen molar-refractivity contribution < 1.29 is 22.7 Å². The summed E-state index contributed by atoms with van der Waals surface area (Å²) >= 11 is 0. The smallest absolute Gasteiger partial charge is 0.387 e. The van der Waals surface area contributed by atoms with Crippen molar-refractivity contribution in [2.75, 3.05) is 5.32 Å². The molecular formula is C18H14F2N2O3. The quantitative estimate of drug-likeness (QED) is 0.740. The van der Waals surface area contributed by atoms with Gasteiger partial charge in [0.1, 0.15) is 5.75 Å². The lowest BCUT2D eigenvalue weighted by atomic mass is 10.1. The van der Waals surface area contributed by atoms with Gasteiger partial charge in [0.15, 0.2) is 11.7 Å². The summed E-state index contributed by atoms with van der Waals surface area (Å²) in [6.07, 6.45) is 1.63. The Morgan fingerprint density at radius 2 is 1.80 bits per heavy atom. The first-order valence-electron chi connectivity index (χ1n) is 7.40. The van der Waals surface area contributed by atoms with Crippen molar-refractivity contribution in [1.29, 1.82) is 0 Å². The zero-order valence-corrected chi connectivity index (χ0v) is 13.2. The molecule has 1 N–H and O–H groups in total. The molecule has 2 aromatic carbocycles. The second-order valence-corrected chi connectivity index (χ2v) is 5.18. The van der Waals surface area contributed by atoms with Crippen LogP contribution in [-0.4, -0.2) is 17.5 Å². The number of benzene rings is 2. The molecule has 0 atom stereocenters. The van der Waals surface area contributed by atoms with E-state index < -0.39 is 6.61 Å². The number of carbonyl (C=O) groups excluding carboxylic acids is 1. The number of nitrogens with zero attached hydrogens (tertiary/aromatic N) is 1. The van der Waals surface area contributed by atoms with Crippen LogP contribution in [-0.2, 0) is 0 Å². The number of hydrogen-bond acceptors (Lipinski definition) is 4. The summed E-state index contributed by atoms with van der Waals surface area (Å²) in [5, 5.41) is 2.73. The molecule has 3 aromatic rings. The Labute approximate surface area is 142 Å². The van der Waals surface area contributed by atoms with Crippen molar-refractivity contribution in [2.45, 2.75) is 13.5 Å². The Morgan fingerprint density at radius 3 is 2.36 bits per heavy atom. The molecule has 0 bridgehead atoms. The fraction of sp³-hybridized carbons (Fsp3) is 0.111. The van der Waals surface area contributed by atoms with Crippen molar-refractivity contribution in [3.05, 3.63) is 66.2 Å². The van der Waals surface area contributed by atoms with Gasteiger partial charge in [-0.25, -0.2) is 4.98 Å². The second-order valence-electron chi connectivity index (χ2n) is 5.18. The standard InChI is InChI=1S/C18H14F2N2O3/c1-11-21-10-16(24-11)12-2-6-14(7-3-12)22-17(23)13-4-8-15(9-5-13)25-18(19)20/h2-10,18H,1H3,(H,22,23). The highest BCUT2D eigenvalue weighted by molar-refractivity contribution is 6.04. The van der Waals surface area contributed by atoms with Crippen LogP contribution in [0.3, 0.4) is 0 Å². The number of oxazole rings is 1.